The lowest BCUT2D eigenvalue weighted by Crippen LogP contribution is -2.16. The van der Waals surface area contributed by atoms with Gasteiger partial charge in [0.15, 0.2) is 16.6 Å². The van der Waals surface area contributed by atoms with Crippen molar-refractivity contribution in [1.29, 1.82) is 0 Å². The van der Waals surface area contributed by atoms with Crippen LogP contribution in [0.4, 0.5) is 10.8 Å². The second-order valence-corrected chi connectivity index (χ2v) is 5.60. The second-order valence-electron chi connectivity index (χ2n) is 4.62. The van der Waals surface area contributed by atoms with Crippen molar-refractivity contribution in [3.05, 3.63) is 40.4 Å². The van der Waals surface area contributed by atoms with Gasteiger partial charge in [-0.15, -0.1) is 0 Å². The molecular weight excluding hydrogens is 288 g/mol. The standard InChI is InChI=1S/C15H16N2O3S/c1-4-17(11-7-5-6-9(2)8-11)15-16-12(14(19)20)13(21-15)10(3)18/h5-8H,4H2,1-3H3,(H,19,20). The Labute approximate surface area is 126 Å². The van der Waals surface area contributed by atoms with E-state index in [9.17, 15) is 14.7 Å². The van der Waals surface area contributed by atoms with E-state index in [2.05, 4.69) is 4.98 Å². The van der Waals surface area contributed by atoms with E-state index in [4.69, 9.17) is 0 Å². The average molecular weight is 304 g/mol. The Morgan fingerprint density at radius 2 is 2.10 bits per heavy atom. The average Bonchev–Trinajstić information content (AvgIpc) is 2.85. The van der Waals surface area contributed by atoms with Crippen molar-refractivity contribution in [3.8, 4) is 0 Å². The second kappa shape index (κ2) is 6.05. The van der Waals surface area contributed by atoms with Crippen LogP contribution >= 0.6 is 11.3 Å². The third-order valence-corrected chi connectivity index (χ3v) is 4.18. The molecule has 0 saturated carbocycles. The quantitative estimate of drug-likeness (QED) is 0.856. The lowest BCUT2D eigenvalue weighted by molar-refractivity contribution is 0.0687. The van der Waals surface area contributed by atoms with Crippen LogP contribution in [-0.4, -0.2) is 28.4 Å². The molecule has 6 heteroatoms. The van der Waals surface area contributed by atoms with Gasteiger partial charge in [0.1, 0.15) is 4.88 Å². The first-order chi connectivity index (χ1) is 9.93. The van der Waals surface area contributed by atoms with Crippen molar-refractivity contribution < 1.29 is 14.7 Å². The summed E-state index contributed by atoms with van der Waals surface area (Å²) in [5.74, 6) is -1.46. The Bertz CT molecular complexity index is 662. The maximum Gasteiger partial charge on any atom is 0.356 e. The third kappa shape index (κ3) is 3.11. The Balaban J connectivity index is 2.50. The van der Waals surface area contributed by atoms with Gasteiger partial charge in [-0.3, -0.25) is 4.79 Å². The van der Waals surface area contributed by atoms with E-state index < -0.39 is 5.97 Å². The zero-order chi connectivity index (χ0) is 15.6. The Kier molecular flexibility index (Phi) is 4.37. The minimum Gasteiger partial charge on any atom is -0.476 e. The number of carbonyl (C=O) groups is 2. The number of hydrogen-bond donors (Lipinski definition) is 1. The first-order valence-electron chi connectivity index (χ1n) is 6.53. The highest BCUT2D eigenvalue weighted by atomic mass is 32.1. The van der Waals surface area contributed by atoms with Gasteiger partial charge >= 0.3 is 5.97 Å². The van der Waals surface area contributed by atoms with Crippen LogP contribution in [0.1, 0.15) is 39.6 Å². The number of Topliss-reactive ketones (excluding diaryl/α,β-unsaturated/α-hetero) is 1. The normalized spacial score (nSPS) is 10.4. The molecule has 0 fully saturated rings. The molecule has 0 radical (unpaired) electrons. The number of carbonyl (C=O) groups excluding carboxylic acids is 1. The summed E-state index contributed by atoms with van der Waals surface area (Å²) in [6, 6.07) is 7.86. The van der Waals surface area contributed by atoms with Crippen molar-refractivity contribution in [2.75, 3.05) is 11.4 Å². The highest BCUT2D eigenvalue weighted by Crippen LogP contribution is 2.32. The van der Waals surface area contributed by atoms with E-state index in [1.165, 1.54) is 6.92 Å². The van der Waals surface area contributed by atoms with Crippen molar-refractivity contribution in [2.24, 2.45) is 0 Å². The Hall–Kier alpha value is -2.21. The van der Waals surface area contributed by atoms with Gasteiger partial charge < -0.3 is 10.0 Å². The van der Waals surface area contributed by atoms with Crippen LogP contribution in [0.15, 0.2) is 24.3 Å². The van der Waals surface area contributed by atoms with E-state index in [1.54, 1.807) is 0 Å². The molecule has 1 aromatic heterocycles. The molecule has 0 bridgehead atoms. The molecule has 2 rings (SSSR count). The lowest BCUT2D eigenvalue weighted by atomic mass is 10.2. The number of aryl methyl sites for hydroxylation is 1. The zero-order valence-electron chi connectivity index (χ0n) is 12.1. The Morgan fingerprint density at radius 1 is 1.38 bits per heavy atom. The molecule has 0 atom stereocenters. The molecule has 21 heavy (non-hydrogen) atoms. The van der Waals surface area contributed by atoms with Crippen LogP contribution in [0.5, 0.6) is 0 Å². The molecule has 0 saturated heterocycles. The SMILES string of the molecule is CCN(c1cccc(C)c1)c1nc(C(=O)O)c(C(C)=O)s1. The number of carboxylic acids is 1. The summed E-state index contributed by atoms with van der Waals surface area (Å²) in [7, 11) is 0. The summed E-state index contributed by atoms with van der Waals surface area (Å²) >= 11 is 1.11. The monoisotopic (exact) mass is 304 g/mol. The summed E-state index contributed by atoms with van der Waals surface area (Å²) in [6.45, 7) is 5.93. The van der Waals surface area contributed by atoms with E-state index in [1.807, 2.05) is 43.0 Å². The largest absolute Gasteiger partial charge is 0.476 e. The van der Waals surface area contributed by atoms with Crippen molar-refractivity contribution >= 4 is 33.9 Å². The van der Waals surface area contributed by atoms with Gasteiger partial charge in [-0.25, -0.2) is 9.78 Å². The Morgan fingerprint density at radius 3 is 2.57 bits per heavy atom. The number of ketones is 1. The molecule has 110 valence electrons. The summed E-state index contributed by atoms with van der Waals surface area (Å²) in [6.07, 6.45) is 0. The third-order valence-electron chi connectivity index (χ3n) is 3.00. The number of aromatic nitrogens is 1. The van der Waals surface area contributed by atoms with Crippen LogP contribution in [0.25, 0.3) is 0 Å². The molecule has 0 unspecified atom stereocenters. The number of nitrogens with zero attached hydrogens (tertiary/aromatic N) is 2. The first-order valence-corrected chi connectivity index (χ1v) is 7.35. The molecular formula is C15H16N2O3S. The molecule has 2 aromatic rings. The topological polar surface area (TPSA) is 70.5 Å². The number of thiazole rings is 1. The van der Waals surface area contributed by atoms with Crippen molar-refractivity contribution in [1.82, 2.24) is 4.98 Å². The van der Waals surface area contributed by atoms with E-state index >= 15 is 0 Å². The van der Waals surface area contributed by atoms with Gasteiger partial charge in [0, 0.05) is 19.2 Å². The van der Waals surface area contributed by atoms with Gasteiger partial charge in [-0.05, 0) is 31.5 Å². The van der Waals surface area contributed by atoms with Gasteiger partial charge in [0.05, 0.1) is 0 Å². The number of anilines is 2. The maximum atomic E-state index is 11.6. The van der Waals surface area contributed by atoms with Gasteiger partial charge in [0.25, 0.3) is 0 Å². The molecule has 1 aromatic carbocycles. The fourth-order valence-electron chi connectivity index (χ4n) is 2.03. The highest BCUT2D eigenvalue weighted by molar-refractivity contribution is 7.17. The molecule has 0 aliphatic carbocycles. The smallest absolute Gasteiger partial charge is 0.356 e. The number of carboxylic acid groups (broad SMARTS) is 1. The lowest BCUT2D eigenvalue weighted by Gasteiger charge is -2.20. The number of aromatic carboxylic acids is 1. The molecule has 0 spiro atoms. The fourth-order valence-corrected chi connectivity index (χ4v) is 3.07. The predicted molar refractivity (Wildman–Crippen MR) is 82.9 cm³/mol. The number of benzene rings is 1. The molecule has 5 nitrogen and oxygen atoms in total. The van der Waals surface area contributed by atoms with Gasteiger partial charge in [-0.1, -0.05) is 23.5 Å². The molecule has 1 heterocycles. The number of hydrogen-bond acceptors (Lipinski definition) is 5. The maximum absolute atomic E-state index is 11.6. The molecule has 0 aliphatic heterocycles. The van der Waals surface area contributed by atoms with Gasteiger partial charge in [-0.2, -0.15) is 0 Å². The summed E-state index contributed by atoms with van der Waals surface area (Å²) in [5, 5.41) is 9.69. The van der Waals surface area contributed by atoms with Crippen molar-refractivity contribution in [2.45, 2.75) is 20.8 Å². The van der Waals surface area contributed by atoms with Crippen molar-refractivity contribution in [3.63, 3.8) is 0 Å². The van der Waals surface area contributed by atoms with E-state index in [0.717, 1.165) is 22.6 Å². The summed E-state index contributed by atoms with van der Waals surface area (Å²) < 4.78 is 0. The summed E-state index contributed by atoms with van der Waals surface area (Å²) in [5.41, 5.74) is 1.86. The fraction of sp³-hybridized carbons (Fsp3) is 0.267. The zero-order valence-corrected chi connectivity index (χ0v) is 12.9. The van der Waals surface area contributed by atoms with Crippen LogP contribution in [0.3, 0.4) is 0 Å². The highest BCUT2D eigenvalue weighted by Gasteiger charge is 2.23. The van der Waals surface area contributed by atoms with Gasteiger partial charge in [0.2, 0.25) is 0 Å². The molecule has 1 N–H and O–H groups in total. The first kappa shape index (κ1) is 15.2. The van der Waals surface area contributed by atoms with Crippen LogP contribution in [0, 0.1) is 6.92 Å². The van der Waals surface area contributed by atoms with E-state index in [0.29, 0.717) is 11.7 Å². The predicted octanol–water partition coefficient (Wildman–Crippen LogP) is 3.51. The van der Waals surface area contributed by atoms with Crippen LogP contribution in [-0.2, 0) is 0 Å². The summed E-state index contributed by atoms with van der Waals surface area (Å²) in [4.78, 5) is 29.0. The van der Waals surface area contributed by atoms with E-state index in [-0.39, 0.29) is 16.4 Å². The molecule has 0 aliphatic rings. The minimum atomic E-state index is -1.18. The van der Waals surface area contributed by atoms with Crippen LogP contribution < -0.4 is 4.90 Å². The van der Waals surface area contributed by atoms with Crippen LogP contribution in [0.2, 0.25) is 0 Å². The minimum absolute atomic E-state index is 0.173. The molecule has 0 amide bonds. The number of rotatable bonds is 5.